The highest BCUT2D eigenvalue weighted by atomic mass is 32.1. The Morgan fingerprint density at radius 1 is 1.26 bits per heavy atom. The number of H-pyrrole nitrogens is 1. The number of benzene rings is 1. The lowest BCUT2D eigenvalue weighted by molar-refractivity contribution is 0.0751. The number of anilines is 1. The molecule has 1 aliphatic heterocycles. The molecule has 3 heterocycles. The third-order valence-corrected chi connectivity index (χ3v) is 6.10. The summed E-state index contributed by atoms with van der Waals surface area (Å²) >= 11 is 1.29. The monoisotopic (exact) mass is 384 g/mol. The van der Waals surface area contributed by atoms with Gasteiger partial charge in [0.25, 0.3) is 11.5 Å². The standard InChI is InChI=1S/C19H20N4O3S/c1-12-15-17(24)20-11-21-18(15)27-16(12)19(25)23-8-6-22(7-9-23)13-4-3-5-14(10-13)26-2/h3-5,10-11H,6-9H2,1-2H3,(H,20,21,24). The van der Waals surface area contributed by atoms with Crippen LogP contribution in [0.5, 0.6) is 5.75 Å². The van der Waals surface area contributed by atoms with Crippen LogP contribution in [-0.4, -0.2) is 54.1 Å². The summed E-state index contributed by atoms with van der Waals surface area (Å²) in [6.07, 6.45) is 1.38. The Morgan fingerprint density at radius 2 is 2.04 bits per heavy atom. The number of carbonyl (C=O) groups excluding carboxylic acids is 1. The van der Waals surface area contributed by atoms with Crippen LogP contribution in [0.2, 0.25) is 0 Å². The summed E-state index contributed by atoms with van der Waals surface area (Å²) in [6, 6.07) is 7.94. The number of methoxy groups -OCH3 is 1. The molecule has 1 fully saturated rings. The Balaban J connectivity index is 1.51. The van der Waals surface area contributed by atoms with Crippen molar-refractivity contribution in [3.8, 4) is 5.75 Å². The van der Waals surface area contributed by atoms with Gasteiger partial charge in [0.05, 0.1) is 23.7 Å². The van der Waals surface area contributed by atoms with E-state index in [1.165, 1.54) is 17.7 Å². The molecular weight excluding hydrogens is 364 g/mol. The molecule has 0 unspecified atom stereocenters. The van der Waals surface area contributed by atoms with E-state index in [0.29, 0.717) is 33.7 Å². The van der Waals surface area contributed by atoms with Crippen molar-refractivity contribution in [2.24, 2.45) is 0 Å². The summed E-state index contributed by atoms with van der Waals surface area (Å²) < 4.78 is 5.29. The topological polar surface area (TPSA) is 78.5 Å². The Morgan fingerprint density at radius 3 is 2.74 bits per heavy atom. The zero-order valence-corrected chi connectivity index (χ0v) is 16.0. The number of fused-ring (bicyclic) bond motifs is 1. The van der Waals surface area contributed by atoms with Gasteiger partial charge >= 0.3 is 0 Å². The summed E-state index contributed by atoms with van der Waals surface area (Å²) in [5.74, 6) is 0.796. The van der Waals surface area contributed by atoms with Crippen molar-refractivity contribution in [3.63, 3.8) is 0 Å². The first kappa shape index (κ1) is 17.5. The van der Waals surface area contributed by atoms with Crippen LogP contribution >= 0.6 is 11.3 Å². The van der Waals surface area contributed by atoms with E-state index in [1.807, 2.05) is 36.1 Å². The van der Waals surface area contributed by atoms with Crippen LogP contribution in [0.15, 0.2) is 35.4 Å². The molecule has 0 spiro atoms. The van der Waals surface area contributed by atoms with Gasteiger partial charge < -0.3 is 19.5 Å². The number of nitrogens with zero attached hydrogens (tertiary/aromatic N) is 3. The van der Waals surface area contributed by atoms with Crippen molar-refractivity contribution in [2.75, 3.05) is 38.2 Å². The van der Waals surface area contributed by atoms with Crippen LogP contribution in [0.1, 0.15) is 15.2 Å². The molecule has 0 aliphatic carbocycles. The van der Waals surface area contributed by atoms with Crippen LogP contribution in [0, 0.1) is 6.92 Å². The summed E-state index contributed by atoms with van der Waals surface area (Å²) in [7, 11) is 1.66. The second kappa shape index (κ2) is 7.03. The van der Waals surface area contributed by atoms with Crippen molar-refractivity contribution >= 4 is 33.1 Å². The average Bonchev–Trinajstić information content (AvgIpc) is 3.05. The van der Waals surface area contributed by atoms with E-state index in [1.54, 1.807) is 7.11 Å². The summed E-state index contributed by atoms with van der Waals surface area (Å²) in [5.41, 5.74) is 1.61. The maximum atomic E-state index is 13.0. The van der Waals surface area contributed by atoms with Crippen LogP contribution in [0.25, 0.3) is 10.2 Å². The fraction of sp³-hybridized carbons (Fsp3) is 0.316. The van der Waals surface area contributed by atoms with Gasteiger partial charge in [-0.15, -0.1) is 11.3 Å². The second-order valence-electron chi connectivity index (χ2n) is 6.45. The number of amides is 1. The Hall–Kier alpha value is -2.87. The first-order valence-electron chi connectivity index (χ1n) is 8.73. The number of hydrogen-bond donors (Lipinski definition) is 1. The molecule has 2 aromatic heterocycles. The molecule has 4 rings (SSSR count). The number of piperazine rings is 1. The van der Waals surface area contributed by atoms with Crippen molar-refractivity contribution in [1.29, 1.82) is 0 Å². The zero-order valence-electron chi connectivity index (χ0n) is 15.2. The quantitative estimate of drug-likeness (QED) is 0.749. The molecule has 1 amide bonds. The van der Waals surface area contributed by atoms with Crippen molar-refractivity contribution < 1.29 is 9.53 Å². The van der Waals surface area contributed by atoms with E-state index in [0.717, 1.165) is 24.5 Å². The summed E-state index contributed by atoms with van der Waals surface area (Å²) in [6.45, 7) is 4.58. The minimum absolute atomic E-state index is 0.0276. The van der Waals surface area contributed by atoms with Crippen molar-refractivity contribution in [1.82, 2.24) is 14.9 Å². The van der Waals surface area contributed by atoms with Gasteiger partial charge in [-0.2, -0.15) is 0 Å². The largest absolute Gasteiger partial charge is 0.497 e. The molecule has 0 radical (unpaired) electrons. The van der Waals surface area contributed by atoms with Gasteiger partial charge in [-0.3, -0.25) is 9.59 Å². The Kier molecular flexibility index (Phi) is 4.57. The van der Waals surface area contributed by atoms with Crippen LogP contribution < -0.4 is 15.2 Å². The van der Waals surface area contributed by atoms with Gasteiger partial charge in [-0.05, 0) is 24.6 Å². The summed E-state index contributed by atoms with van der Waals surface area (Å²) in [5, 5.41) is 0.515. The van der Waals surface area contributed by atoms with Gasteiger partial charge in [0.15, 0.2) is 0 Å². The van der Waals surface area contributed by atoms with Gasteiger partial charge in [-0.25, -0.2) is 4.98 Å². The molecular formula is C19H20N4O3S. The van der Waals surface area contributed by atoms with E-state index < -0.39 is 0 Å². The smallest absolute Gasteiger partial charge is 0.264 e. The van der Waals surface area contributed by atoms with Crippen LogP contribution in [-0.2, 0) is 0 Å². The normalized spacial score (nSPS) is 14.6. The number of rotatable bonds is 3. The number of aromatic amines is 1. The maximum Gasteiger partial charge on any atom is 0.264 e. The fourth-order valence-corrected chi connectivity index (χ4v) is 4.52. The Labute approximate surface area is 160 Å². The molecule has 1 aromatic carbocycles. The molecule has 1 aliphatic rings. The van der Waals surface area contributed by atoms with Crippen LogP contribution in [0.3, 0.4) is 0 Å². The highest BCUT2D eigenvalue weighted by molar-refractivity contribution is 7.20. The average molecular weight is 384 g/mol. The number of hydrogen-bond acceptors (Lipinski definition) is 6. The van der Waals surface area contributed by atoms with E-state index >= 15 is 0 Å². The Bertz CT molecular complexity index is 1050. The number of nitrogens with one attached hydrogen (secondary N) is 1. The fourth-order valence-electron chi connectivity index (χ4n) is 3.40. The zero-order chi connectivity index (χ0) is 19.0. The van der Waals surface area contributed by atoms with E-state index in [4.69, 9.17) is 4.74 Å². The SMILES string of the molecule is COc1cccc(N2CCN(C(=O)c3sc4nc[nH]c(=O)c4c3C)CC2)c1. The predicted molar refractivity (Wildman–Crippen MR) is 106 cm³/mol. The van der Waals surface area contributed by atoms with Gasteiger partial charge in [-0.1, -0.05) is 6.07 Å². The number of thiophene rings is 1. The highest BCUT2D eigenvalue weighted by Gasteiger charge is 2.26. The molecule has 0 atom stereocenters. The molecule has 27 heavy (non-hydrogen) atoms. The van der Waals surface area contributed by atoms with E-state index in [2.05, 4.69) is 14.9 Å². The van der Waals surface area contributed by atoms with Crippen molar-refractivity contribution in [2.45, 2.75) is 6.92 Å². The third kappa shape index (κ3) is 3.16. The van der Waals surface area contributed by atoms with Crippen molar-refractivity contribution in [3.05, 3.63) is 51.4 Å². The van der Waals surface area contributed by atoms with Crippen LogP contribution in [0.4, 0.5) is 5.69 Å². The lowest BCUT2D eigenvalue weighted by Crippen LogP contribution is -2.48. The molecule has 1 saturated heterocycles. The second-order valence-corrected chi connectivity index (χ2v) is 7.45. The lowest BCUT2D eigenvalue weighted by atomic mass is 10.2. The highest BCUT2D eigenvalue weighted by Crippen LogP contribution is 2.28. The lowest BCUT2D eigenvalue weighted by Gasteiger charge is -2.36. The maximum absolute atomic E-state index is 13.0. The molecule has 0 saturated carbocycles. The van der Waals surface area contributed by atoms with E-state index in [-0.39, 0.29) is 11.5 Å². The number of aromatic nitrogens is 2. The van der Waals surface area contributed by atoms with Gasteiger partial charge in [0.1, 0.15) is 10.6 Å². The molecule has 140 valence electrons. The first-order chi connectivity index (χ1) is 13.1. The molecule has 8 heteroatoms. The number of ether oxygens (including phenoxy) is 1. The first-order valence-corrected chi connectivity index (χ1v) is 9.55. The summed E-state index contributed by atoms with van der Waals surface area (Å²) in [4.78, 5) is 37.1. The number of aryl methyl sites for hydroxylation is 1. The predicted octanol–water partition coefficient (Wildman–Crippen LogP) is 2.26. The minimum atomic E-state index is -0.198. The molecule has 7 nitrogen and oxygen atoms in total. The molecule has 0 bridgehead atoms. The number of carbonyl (C=O) groups is 1. The molecule has 1 N–H and O–H groups in total. The minimum Gasteiger partial charge on any atom is -0.497 e. The van der Waals surface area contributed by atoms with Gasteiger partial charge in [0.2, 0.25) is 0 Å². The third-order valence-electron chi connectivity index (χ3n) is 4.91. The molecule has 3 aromatic rings. The van der Waals surface area contributed by atoms with E-state index in [9.17, 15) is 9.59 Å². The van der Waals surface area contributed by atoms with Gasteiger partial charge in [0, 0.05) is 37.9 Å².